The molecule has 0 saturated carbocycles. The van der Waals surface area contributed by atoms with Crippen LogP contribution in [0.1, 0.15) is 37.3 Å². The molecule has 2 heterocycles. The summed E-state index contributed by atoms with van der Waals surface area (Å²) < 4.78 is 2.52. The number of rotatable bonds is 7. The van der Waals surface area contributed by atoms with Gasteiger partial charge in [0.2, 0.25) is 0 Å². The van der Waals surface area contributed by atoms with Crippen molar-refractivity contribution in [3.63, 3.8) is 0 Å². The van der Waals surface area contributed by atoms with Gasteiger partial charge in [-0.25, -0.2) is 4.58 Å². The highest BCUT2D eigenvalue weighted by Gasteiger charge is 2.40. The molecule has 2 aromatic rings. The van der Waals surface area contributed by atoms with Crippen molar-refractivity contribution in [3.8, 4) is 0 Å². The molecule has 3 nitrogen and oxygen atoms in total. The first-order chi connectivity index (χ1) is 18.3. The van der Waals surface area contributed by atoms with Crippen molar-refractivity contribution >= 4 is 17.8 Å². The second kappa shape index (κ2) is 10.6. The summed E-state index contributed by atoms with van der Waals surface area (Å²) in [5, 5.41) is 0. The fourth-order valence-corrected chi connectivity index (χ4v) is 5.97. The van der Waals surface area contributed by atoms with E-state index in [0.29, 0.717) is 11.8 Å². The normalized spacial score (nSPS) is 24.7. The molecule has 3 unspecified atom stereocenters. The van der Waals surface area contributed by atoms with E-state index in [-0.39, 0.29) is 6.04 Å². The zero-order valence-corrected chi connectivity index (χ0v) is 21.5. The maximum absolute atomic E-state index is 5.43. The van der Waals surface area contributed by atoms with Gasteiger partial charge in [-0.15, -0.1) is 0 Å². The topological polar surface area (TPSA) is 27.7 Å². The van der Waals surface area contributed by atoms with Crippen molar-refractivity contribution < 1.29 is 4.58 Å². The Morgan fingerprint density at radius 3 is 2.43 bits per heavy atom. The van der Waals surface area contributed by atoms with Crippen LogP contribution < -0.4 is 0 Å². The average molecular weight is 485 g/mol. The van der Waals surface area contributed by atoms with Gasteiger partial charge in [-0.05, 0) is 71.0 Å². The highest BCUT2D eigenvalue weighted by molar-refractivity contribution is 6.15. The second-order valence-corrected chi connectivity index (χ2v) is 10.3. The van der Waals surface area contributed by atoms with Crippen LogP contribution in [0.25, 0.3) is 0 Å². The number of hydrogen-bond donors (Lipinski definition) is 0. The largest absolute Gasteiger partial charge is 0.327 e. The Morgan fingerprint density at radius 1 is 0.919 bits per heavy atom. The van der Waals surface area contributed by atoms with E-state index in [1.165, 1.54) is 33.6 Å². The summed E-state index contributed by atoms with van der Waals surface area (Å²) in [6, 6.07) is 21.7. The molecule has 2 aromatic carbocycles. The van der Waals surface area contributed by atoms with Gasteiger partial charge in [0.15, 0.2) is 11.8 Å². The van der Waals surface area contributed by atoms with E-state index in [1.54, 1.807) is 0 Å². The third-order valence-electron chi connectivity index (χ3n) is 7.86. The van der Waals surface area contributed by atoms with Gasteiger partial charge in [0, 0.05) is 11.8 Å². The number of allylic oxidation sites excluding steroid dienone is 8. The van der Waals surface area contributed by atoms with Gasteiger partial charge in [-0.3, -0.25) is 4.99 Å². The second-order valence-electron chi connectivity index (χ2n) is 10.3. The average Bonchev–Trinajstić information content (AvgIpc) is 3.63. The van der Waals surface area contributed by atoms with Crippen LogP contribution in [0.15, 0.2) is 130 Å². The number of amidine groups is 1. The van der Waals surface area contributed by atoms with E-state index in [1.807, 2.05) is 6.21 Å². The number of aliphatic imine (C=N–C) groups is 2. The Labute approximate surface area is 220 Å². The van der Waals surface area contributed by atoms with E-state index in [0.717, 1.165) is 38.2 Å². The van der Waals surface area contributed by atoms with Gasteiger partial charge in [-0.1, -0.05) is 91.9 Å². The highest BCUT2D eigenvalue weighted by Crippen LogP contribution is 2.37. The van der Waals surface area contributed by atoms with Gasteiger partial charge < -0.3 is 0 Å². The molecule has 2 aliphatic heterocycles. The molecule has 2 aliphatic carbocycles. The van der Waals surface area contributed by atoms with Gasteiger partial charge in [-0.2, -0.15) is 0 Å². The molecule has 3 heteroatoms. The standard InChI is InChI=1S/C34H34N3/c1-2-32-33(36-34(27-16-10-5-11-17-27)37(32)24-25-12-6-3-7-13-25)31-21-29(26-14-8-4-9-15-26)20-30(22-31)28-18-19-35-23-28/h3-14,16-18,20,22-23,26,29,32H,2,15,19,21,24H2,1H3/q+1. The molecular weight excluding hydrogens is 450 g/mol. The van der Waals surface area contributed by atoms with Crippen LogP contribution in [-0.2, 0) is 6.54 Å². The molecule has 4 aliphatic rings. The van der Waals surface area contributed by atoms with Crippen molar-refractivity contribution in [2.24, 2.45) is 21.8 Å². The minimum Gasteiger partial charge on any atom is -0.288 e. The van der Waals surface area contributed by atoms with Crippen LogP contribution in [0.5, 0.6) is 0 Å². The minimum atomic E-state index is 0.245. The van der Waals surface area contributed by atoms with Crippen LogP contribution in [0.4, 0.5) is 0 Å². The van der Waals surface area contributed by atoms with Gasteiger partial charge in [0.25, 0.3) is 0 Å². The van der Waals surface area contributed by atoms with Crippen LogP contribution in [0.3, 0.4) is 0 Å². The first-order valence-corrected chi connectivity index (χ1v) is 13.6. The molecule has 0 aromatic heterocycles. The first kappa shape index (κ1) is 23.5. The number of nitrogens with zero attached hydrogens (tertiary/aromatic N) is 3. The lowest BCUT2D eigenvalue weighted by atomic mass is 9.76. The van der Waals surface area contributed by atoms with Gasteiger partial charge in [0.1, 0.15) is 6.54 Å². The number of hydrogen-bond acceptors (Lipinski definition) is 2. The zero-order valence-electron chi connectivity index (χ0n) is 21.5. The molecule has 37 heavy (non-hydrogen) atoms. The van der Waals surface area contributed by atoms with E-state index in [2.05, 4.69) is 120 Å². The molecule has 6 rings (SSSR count). The molecule has 0 saturated heterocycles. The molecule has 0 bridgehead atoms. The van der Waals surface area contributed by atoms with Crippen LogP contribution >= 0.6 is 0 Å². The van der Waals surface area contributed by atoms with Crippen molar-refractivity contribution in [2.45, 2.75) is 38.8 Å². The molecule has 0 radical (unpaired) electrons. The van der Waals surface area contributed by atoms with E-state index >= 15 is 0 Å². The van der Waals surface area contributed by atoms with E-state index < -0.39 is 0 Å². The lowest BCUT2D eigenvalue weighted by Crippen LogP contribution is -2.33. The molecule has 0 amide bonds. The summed E-state index contributed by atoms with van der Waals surface area (Å²) in [4.78, 5) is 9.92. The fourth-order valence-electron chi connectivity index (χ4n) is 5.97. The van der Waals surface area contributed by atoms with Crippen molar-refractivity contribution in [1.29, 1.82) is 0 Å². The minimum absolute atomic E-state index is 0.245. The Hall–Kier alpha value is -3.85. The van der Waals surface area contributed by atoms with Gasteiger partial charge in [0.05, 0.1) is 12.1 Å². The maximum Gasteiger partial charge on any atom is 0.327 e. The first-order valence-electron chi connectivity index (χ1n) is 13.6. The molecule has 184 valence electrons. The van der Waals surface area contributed by atoms with Gasteiger partial charge >= 0.3 is 5.84 Å². The van der Waals surface area contributed by atoms with Crippen molar-refractivity contribution in [1.82, 2.24) is 0 Å². The third kappa shape index (κ3) is 4.91. The summed E-state index contributed by atoms with van der Waals surface area (Å²) in [5.74, 6) is 2.05. The summed E-state index contributed by atoms with van der Waals surface area (Å²) in [7, 11) is 0. The van der Waals surface area contributed by atoms with Crippen molar-refractivity contribution in [2.75, 3.05) is 6.54 Å². The monoisotopic (exact) mass is 484 g/mol. The Morgan fingerprint density at radius 2 is 1.73 bits per heavy atom. The lowest BCUT2D eigenvalue weighted by Gasteiger charge is -2.28. The smallest absolute Gasteiger partial charge is 0.288 e. The van der Waals surface area contributed by atoms with Crippen LogP contribution in [-0.4, -0.2) is 34.9 Å². The van der Waals surface area contributed by atoms with E-state index in [9.17, 15) is 0 Å². The Bertz CT molecular complexity index is 1400. The van der Waals surface area contributed by atoms with E-state index in [4.69, 9.17) is 4.99 Å². The molecular formula is C34H34N3+. The lowest BCUT2D eigenvalue weighted by molar-refractivity contribution is -0.561. The summed E-state index contributed by atoms with van der Waals surface area (Å²) >= 11 is 0. The zero-order chi connectivity index (χ0) is 25.0. The number of benzene rings is 2. The highest BCUT2D eigenvalue weighted by atomic mass is 15.2. The molecule has 0 N–H and O–H groups in total. The molecule has 0 fully saturated rings. The Kier molecular flexibility index (Phi) is 6.77. The third-order valence-corrected chi connectivity index (χ3v) is 7.86. The fraction of sp³-hybridized carbons (Fsp3) is 0.265. The van der Waals surface area contributed by atoms with Crippen LogP contribution in [0, 0.1) is 11.8 Å². The SMILES string of the molecule is CCC1C(C2=CC(C3=CCN=C3)=CC(C3C=CC=CC3)C2)=NC(c2ccccc2)=[N+]1Cc1ccccc1. The maximum atomic E-state index is 5.43. The Balaban J connectivity index is 1.41. The van der Waals surface area contributed by atoms with Crippen molar-refractivity contribution in [3.05, 3.63) is 131 Å². The summed E-state index contributed by atoms with van der Waals surface area (Å²) in [6.07, 6.45) is 21.4. The quantitative estimate of drug-likeness (QED) is 0.383. The van der Waals surface area contributed by atoms with Crippen LogP contribution in [0.2, 0.25) is 0 Å². The summed E-state index contributed by atoms with van der Waals surface area (Å²) in [5.41, 5.74) is 7.66. The molecule has 3 atom stereocenters. The predicted octanol–water partition coefficient (Wildman–Crippen LogP) is 6.89. The predicted molar refractivity (Wildman–Crippen MR) is 155 cm³/mol. The molecule has 0 spiro atoms. The summed E-state index contributed by atoms with van der Waals surface area (Å²) in [6.45, 7) is 3.93.